The van der Waals surface area contributed by atoms with Gasteiger partial charge in [0.05, 0.1) is 0 Å². The molecule has 3 N–H and O–H groups in total. The zero-order valence-electron chi connectivity index (χ0n) is 16.6. The third kappa shape index (κ3) is 7.13. The van der Waals surface area contributed by atoms with Crippen molar-refractivity contribution < 1.29 is 27.1 Å². The lowest BCUT2D eigenvalue weighted by molar-refractivity contribution is -0.141. The highest BCUT2D eigenvalue weighted by Crippen LogP contribution is 2.46. The number of carboxylic acid groups (broad SMARTS) is 1. The average molecular weight is 436 g/mol. The molecule has 29 heavy (non-hydrogen) atoms. The molecule has 0 bridgehead atoms. The molecule has 0 aromatic rings. The molecule has 3 rings (SSSR count). The van der Waals surface area contributed by atoms with Crippen molar-refractivity contribution in [2.24, 2.45) is 5.41 Å². The number of carbonyl (C=O) groups is 1. The van der Waals surface area contributed by atoms with E-state index in [1.54, 1.807) is 0 Å². The Balaban J connectivity index is 0.000000426. The monoisotopic (exact) mass is 435 g/mol. The number of hydrogen-bond acceptors (Lipinski definition) is 4. The number of alkyl halides is 2. The summed E-state index contributed by atoms with van der Waals surface area (Å²) in [4.78, 5) is 11.1. The second kappa shape index (κ2) is 8.79. The van der Waals surface area contributed by atoms with Crippen LogP contribution in [0.2, 0.25) is 0 Å². The lowest BCUT2D eigenvalue weighted by Gasteiger charge is -2.39. The minimum absolute atomic E-state index is 0.217. The van der Waals surface area contributed by atoms with Crippen LogP contribution < -0.4 is 4.72 Å². The first kappa shape index (κ1) is 23.9. The summed E-state index contributed by atoms with van der Waals surface area (Å²) in [5.41, 5.74) is 6.49. The molecule has 0 unspecified atom stereocenters. The van der Waals surface area contributed by atoms with Crippen molar-refractivity contribution >= 4 is 16.2 Å². The van der Waals surface area contributed by atoms with Gasteiger partial charge in [0.25, 0.3) is 10.2 Å². The highest BCUT2D eigenvalue weighted by Gasteiger charge is 2.41. The molecule has 1 aliphatic heterocycles. The van der Waals surface area contributed by atoms with E-state index in [2.05, 4.69) is 0 Å². The molecular formula is C18H29F2N4O4S-. The summed E-state index contributed by atoms with van der Waals surface area (Å²) >= 11 is 0. The summed E-state index contributed by atoms with van der Waals surface area (Å²) in [6.45, 7) is 1.19. The molecule has 3 fully saturated rings. The summed E-state index contributed by atoms with van der Waals surface area (Å²) in [6, 6.07) is 0.0508. The number of nitrogens with zero attached hydrogens (tertiary/aromatic N) is 2. The van der Waals surface area contributed by atoms with Crippen LogP contribution >= 0.6 is 0 Å². The first-order valence-corrected chi connectivity index (χ1v) is 11.3. The molecule has 1 spiro atoms. The molecule has 1 heterocycles. The van der Waals surface area contributed by atoms with Gasteiger partial charge in [0.1, 0.15) is 6.04 Å². The van der Waals surface area contributed by atoms with Crippen LogP contribution in [-0.4, -0.2) is 54.4 Å². The fraction of sp³-hybridized carbons (Fsp3) is 0.889. The number of aliphatic carboxylic acids is 1. The highest BCUT2D eigenvalue weighted by atomic mass is 32.2. The van der Waals surface area contributed by atoms with Crippen LogP contribution in [-0.2, 0) is 15.0 Å². The largest absolute Gasteiger partial charge is 0.660 e. The van der Waals surface area contributed by atoms with E-state index < -0.39 is 40.1 Å². The van der Waals surface area contributed by atoms with Gasteiger partial charge >= 0.3 is 5.97 Å². The molecule has 0 aromatic heterocycles. The van der Waals surface area contributed by atoms with Crippen LogP contribution in [0.25, 0.3) is 5.73 Å². The Morgan fingerprint density at radius 2 is 1.76 bits per heavy atom. The standard InChI is InChI=1S/C14H24F2N2O4S.C4H5N2/c1-13(15,16)10-11(12(19)20)17-23(21,22)18-8-6-14(7-9-18)4-2-3-5-14;5-3-4(6)1-2-4/h11,17H,2-10H2,1H3,(H,19,20);6H,1-2H2/q;-1/t11-;/m0./s1. The van der Waals surface area contributed by atoms with E-state index in [0.29, 0.717) is 20.0 Å². The van der Waals surface area contributed by atoms with E-state index >= 15 is 0 Å². The number of halogens is 2. The maximum Gasteiger partial charge on any atom is 0.322 e. The van der Waals surface area contributed by atoms with E-state index in [1.165, 1.54) is 4.31 Å². The van der Waals surface area contributed by atoms with Crippen LogP contribution in [0.3, 0.4) is 0 Å². The quantitative estimate of drug-likeness (QED) is 0.661. The maximum atomic E-state index is 13.0. The minimum Gasteiger partial charge on any atom is -0.660 e. The predicted molar refractivity (Wildman–Crippen MR) is 102 cm³/mol. The Morgan fingerprint density at radius 1 is 1.24 bits per heavy atom. The smallest absolute Gasteiger partial charge is 0.322 e. The maximum absolute atomic E-state index is 13.0. The van der Waals surface area contributed by atoms with Gasteiger partial charge < -0.3 is 10.8 Å². The molecular weight excluding hydrogens is 406 g/mol. The number of nitrogens with one attached hydrogen (secondary N) is 2. The van der Waals surface area contributed by atoms with Gasteiger partial charge in [-0.1, -0.05) is 25.7 Å². The zero-order valence-corrected chi connectivity index (χ0v) is 17.4. The van der Waals surface area contributed by atoms with Gasteiger partial charge in [-0.15, -0.1) is 0 Å². The minimum atomic E-state index is -4.08. The van der Waals surface area contributed by atoms with E-state index in [1.807, 2.05) is 10.8 Å². The van der Waals surface area contributed by atoms with Gasteiger partial charge in [0, 0.05) is 25.6 Å². The van der Waals surface area contributed by atoms with Crippen molar-refractivity contribution in [3.8, 4) is 6.07 Å². The summed E-state index contributed by atoms with van der Waals surface area (Å²) in [5.74, 6) is -4.86. The number of nitriles is 1. The van der Waals surface area contributed by atoms with E-state index in [4.69, 9.17) is 16.1 Å². The van der Waals surface area contributed by atoms with E-state index in [-0.39, 0.29) is 5.41 Å². The molecule has 11 heteroatoms. The van der Waals surface area contributed by atoms with Crippen LogP contribution in [0.1, 0.15) is 64.7 Å². The van der Waals surface area contributed by atoms with Crippen LogP contribution in [0.4, 0.5) is 8.78 Å². The fourth-order valence-corrected chi connectivity index (χ4v) is 5.21. The van der Waals surface area contributed by atoms with Gasteiger partial charge in [-0.2, -0.15) is 22.7 Å². The second-order valence-corrected chi connectivity index (χ2v) is 10.3. The van der Waals surface area contributed by atoms with Gasteiger partial charge in [-0.05, 0) is 43.6 Å². The fourth-order valence-electron chi connectivity index (χ4n) is 3.85. The Hall–Kier alpha value is -1.35. The predicted octanol–water partition coefficient (Wildman–Crippen LogP) is 3.07. The molecule has 1 atom stereocenters. The van der Waals surface area contributed by atoms with Crippen LogP contribution in [0, 0.1) is 16.7 Å². The molecule has 2 saturated carbocycles. The van der Waals surface area contributed by atoms with Crippen molar-refractivity contribution in [2.45, 2.75) is 82.2 Å². The van der Waals surface area contributed by atoms with Crippen molar-refractivity contribution in [1.29, 1.82) is 5.26 Å². The van der Waals surface area contributed by atoms with Crippen molar-refractivity contribution in [2.75, 3.05) is 13.1 Å². The van der Waals surface area contributed by atoms with Gasteiger partial charge in [0.15, 0.2) is 0 Å². The Morgan fingerprint density at radius 3 is 2.10 bits per heavy atom. The van der Waals surface area contributed by atoms with Crippen molar-refractivity contribution in [3.05, 3.63) is 5.73 Å². The normalized spacial score (nSPS) is 24.2. The molecule has 166 valence electrons. The van der Waals surface area contributed by atoms with Gasteiger partial charge in [-0.3, -0.25) is 4.79 Å². The van der Waals surface area contributed by atoms with E-state index in [0.717, 1.165) is 51.4 Å². The topological polar surface area (TPSA) is 134 Å². The number of rotatable bonds is 6. The molecule has 0 amide bonds. The van der Waals surface area contributed by atoms with Crippen LogP contribution in [0.15, 0.2) is 0 Å². The Kier molecular flexibility index (Phi) is 7.26. The summed E-state index contributed by atoms with van der Waals surface area (Å²) in [7, 11) is -4.08. The third-order valence-electron chi connectivity index (χ3n) is 5.90. The summed E-state index contributed by atoms with van der Waals surface area (Å²) < 4.78 is 53.8. The number of hydrogen-bond donors (Lipinski definition) is 2. The zero-order chi connectivity index (χ0) is 21.9. The number of carboxylic acids is 1. The molecule has 8 nitrogen and oxygen atoms in total. The average Bonchev–Trinajstić information content (AvgIpc) is 3.20. The van der Waals surface area contributed by atoms with Gasteiger partial charge in [-0.25, -0.2) is 8.78 Å². The van der Waals surface area contributed by atoms with Crippen molar-refractivity contribution in [3.63, 3.8) is 0 Å². The number of piperidine rings is 1. The first-order chi connectivity index (χ1) is 13.3. The summed E-state index contributed by atoms with van der Waals surface area (Å²) in [5, 5.41) is 17.0. The van der Waals surface area contributed by atoms with Gasteiger partial charge in [0.2, 0.25) is 5.92 Å². The molecule has 0 aromatic carbocycles. The van der Waals surface area contributed by atoms with Crippen molar-refractivity contribution in [1.82, 2.24) is 9.03 Å². The Bertz CT molecular complexity index is 728. The third-order valence-corrected chi connectivity index (χ3v) is 7.53. The summed E-state index contributed by atoms with van der Waals surface area (Å²) in [6.07, 6.45) is 6.52. The molecule has 3 aliphatic rings. The SMILES string of the molecule is CC(F)(F)C[C@H](NS(=O)(=O)N1CCC2(CCCC2)CC1)C(=O)O.N#CC1([NH-])CC1. The molecule has 1 saturated heterocycles. The molecule has 2 aliphatic carbocycles. The molecule has 0 radical (unpaired) electrons. The first-order valence-electron chi connectivity index (χ1n) is 9.84. The van der Waals surface area contributed by atoms with Crippen LogP contribution in [0.5, 0.6) is 0 Å². The highest BCUT2D eigenvalue weighted by molar-refractivity contribution is 7.87. The lowest BCUT2D eigenvalue weighted by Crippen LogP contribution is -2.52. The Labute approximate surface area is 170 Å². The lowest BCUT2D eigenvalue weighted by atomic mass is 9.78. The second-order valence-electron chi connectivity index (χ2n) is 8.59. The van der Waals surface area contributed by atoms with E-state index in [9.17, 15) is 22.0 Å².